The van der Waals surface area contributed by atoms with Crippen LogP contribution in [0, 0.1) is 0 Å². The molecule has 0 bridgehead atoms. The number of aromatic nitrogens is 1. The van der Waals surface area contributed by atoms with Crippen LogP contribution in [0.5, 0.6) is 0 Å². The summed E-state index contributed by atoms with van der Waals surface area (Å²) in [5.41, 5.74) is 7.66. The van der Waals surface area contributed by atoms with E-state index >= 15 is 0 Å². The van der Waals surface area contributed by atoms with Crippen LogP contribution in [-0.4, -0.2) is 16.1 Å². The van der Waals surface area contributed by atoms with Gasteiger partial charge >= 0.3 is 5.97 Å². The Balaban J connectivity index is 2.11. The van der Waals surface area contributed by atoms with Gasteiger partial charge in [-0.2, -0.15) is 0 Å². The first-order valence-electron chi connectivity index (χ1n) is 6.38. The van der Waals surface area contributed by atoms with Crippen LogP contribution in [0.3, 0.4) is 0 Å². The molecule has 0 spiro atoms. The lowest BCUT2D eigenvalue weighted by atomic mass is 10.1. The van der Waals surface area contributed by atoms with Crippen LogP contribution >= 0.6 is 0 Å². The summed E-state index contributed by atoms with van der Waals surface area (Å²) in [6, 6.07) is 12.3. The van der Waals surface area contributed by atoms with E-state index in [9.17, 15) is 9.90 Å². The summed E-state index contributed by atoms with van der Waals surface area (Å²) in [5, 5.41) is 14.3. The number of aromatic carboxylic acids is 1. The molecule has 1 aromatic heterocycles. The zero-order chi connectivity index (χ0) is 14.8. The topological polar surface area (TPSA) is 88.2 Å². The second-order valence-electron chi connectivity index (χ2n) is 4.64. The van der Waals surface area contributed by atoms with Gasteiger partial charge in [-0.3, -0.25) is 4.98 Å². The smallest absolute Gasteiger partial charge is 0.337 e. The lowest BCUT2D eigenvalue weighted by Gasteiger charge is -2.12. The number of carboxylic acids is 1. The fourth-order valence-electron chi connectivity index (χ4n) is 2.22. The van der Waals surface area contributed by atoms with Gasteiger partial charge in [-0.15, -0.1) is 0 Å². The molecule has 0 saturated carbocycles. The molecule has 0 atom stereocenters. The summed E-state index contributed by atoms with van der Waals surface area (Å²) in [7, 11) is 0. The van der Waals surface area contributed by atoms with Gasteiger partial charge in [0.05, 0.1) is 11.3 Å². The van der Waals surface area contributed by atoms with Crippen molar-refractivity contribution in [3.63, 3.8) is 0 Å². The minimum absolute atomic E-state index is 0.171. The Labute approximate surface area is 121 Å². The molecule has 1 heterocycles. The van der Waals surface area contributed by atoms with Gasteiger partial charge in [0.25, 0.3) is 0 Å². The van der Waals surface area contributed by atoms with Gasteiger partial charge in [-0.25, -0.2) is 4.79 Å². The number of pyridine rings is 1. The van der Waals surface area contributed by atoms with Crippen molar-refractivity contribution >= 4 is 33.8 Å². The third-order valence-electron chi connectivity index (χ3n) is 3.23. The highest BCUT2D eigenvalue weighted by atomic mass is 16.4. The molecule has 2 aromatic carbocycles. The zero-order valence-corrected chi connectivity index (χ0v) is 11.1. The van der Waals surface area contributed by atoms with Crippen LogP contribution in [-0.2, 0) is 0 Å². The number of anilines is 3. The number of carboxylic acid groups (broad SMARTS) is 1. The largest absolute Gasteiger partial charge is 0.478 e. The number of hydrogen-bond donors (Lipinski definition) is 3. The van der Waals surface area contributed by atoms with Gasteiger partial charge in [0.1, 0.15) is 0 Å². The van der Waals surface area contributed by atoms with Crippen LogP contribution in [0.25, 0.3) is 10.8 Å². The Bertz CT molecular complexity index is 825. The minimum atomic E-state index is -1.00. The summed E-state index contributed by atoms with van der Waals surface area (Å²) >= 11 is 0. The van der Waals surface area contributed by atoms with E-state index in [0.717, 1.165) is 16.5 Å². The standard InChI is InChI=1S/C16H13N3O2/c17-11-4-5-12(16(20)21)15(8-11)19-14-3-1-2-10-6-7-18-9-13(10)14/h1-9,19H,17H2,(H,20,21). The van der Waals surface area contributed by atoms with Crippen molar-refractivity contribution in [3.8, 4) is 0 Å². The Kier molecular flexibility index (Phi) is 3.16. The van der Waals surface area contributed by atoms with Crippen molar-refractivity contribution in [2.45, 2.75) is 0 Å². The monoisotopic (exact) mass is 279 g/mol. The highest BCUT2D eigenvalue weighted by Gasteiger charge is 2.11. The lowest BCUT2D eigenvalue weighted by molar-refractivity contribution is 0.0698. The molecular weight excluding hydrogens is 266 g/mol. The van der Waals surface area contributed by atoms with Crippen molar-refractivity contribution in [3.05, 3.63) is 60.4 Å². The van der Waals surface area contributed by atoms with Crippen molar-refractivity contribution in [1.29, 1.82) is 0 Å². The van der Waals surface area contributed by atoms with Crippen LogP contribution in [0.15, 0.2) is 54.9 Å². The fourth-order valence-corrected chi connectivity index (χ4v) is 2.22. The maximum Gasteiger partial charge on any atom is 0.337 e. The second-order valence-corrected chi connectivity index (χ2v) is 4.64. The molecule has 0 aliphatic heterocycles. The second kappa shape index (κ2) is 5.13. The molecule has 0 unspecified atom stereocenters. The number of hydrogen-bond acceptors (Lipinski definition) is 4. The molecule has 5 heteroatoms. The van der Waals surface area contributed by atoms with Crippen molar-refractivity contribution in [2.75, 3.05) is 11.1 Å². The predicted molar refractivity (Wildman–Crippen MR) is 82.8 cm³/mol. The van der Waals surface area contributed by atoms with Gasteiger partial charge in [0.15, 0.2) is 0 Å². The van der Waals surface area contributed by atoms with Gasteiger partial charge in [0.2, 0.25) is 0 Å². The van der Waals surface area contributed by atoms with E-state index in [-0.39, 0.29) is 5.56 Å². The first-order valence-corrected chi connectivity index (χ1v) is 6.38. The summed E-state index contributed by atoms with van der Waals surface area (Å²) in [4.78, 5) is 15.4. The van der Waals surface area contributed by atoms with Gasteiger partial charge in [0, 0.05) is 29.2 Å². The lowest BCUT2D eigenvalue weighted by Crippen LogP contribution is -2.04. The number of nitrogens with two attached hydrogens (primary N) is 1. The third-order valence-corrected chi connectivity index (χ3v) is 3.23. The number of carbonyl (C=O) groups is 1. The van der Waals surface area contributed by atoms with Crippen molar-refractivity contribution in [1.82, 2.24) is 4.98 Å². The van der Waals surface area contributed by atoms with E-state index in [1.165, 1.54) is 6.07 Å². The third kappa shape index (κ3) is 2.49. The number of nitrogen functional groups attached to an aromatic ring is 1. The maximum absolute atomic E-state index is 11.3. The Morgan fingerprint density at radius 1 is 1.14 bits per heavy atom. The molecule has 0 aliphatic rings. The number of nitrogens with zero attached hydrogens (tertiary/aromatic N) is 1. The molecule has 0 saturated heterocycles. The molecule has 3 rings (SSSR count). The van der Waals surface area contributed by atoms with E-state index < -0.39 is 5.97 Å². The first kappa shape index (κ1) is 12.9. The average Bonchev–Trinajstić information content (AvgIpc) is 2.47. The van der Waals surface area contributed by atoms with Crippen LogP contribution in [0.2, 0.25) is 0 Å². The van der Waals surface area contributed by atoms with Crippen LogP contribution in [0.4, 0.5) is 17.1 Å². The van der Waals surface area contributed by atoms with E-state index in [1.807, 2.05) is 24.3 Å². The van der Waals surface area contributed by atoms with Crippen molar-refractivity contribution < 1.29 is 9.90 Å². The summed E-state index contributed by atoms with van der Waals surface area (Å²) < 4.78 is 0. The van der Waals surface area contributed by atoms with Gasteiger partial charge in [-0.1, -0.05) is 12.1 Å². The highest BCUT2D eigenvalue weighted by Crippen LogP contribution is 2.28. The van der Waals surface area contributed by atoms with Crippen molar-refractivity contribution in [2.24, 2.45) is 0 Å². The summed E-state index contributed by atoms with van der Waals surface area (Å²) in [6.45, 7) is 0. The number of rotatable bonds is 3. The van der Waals surface area contributed by atoms with Gasteiger partial charge < -0.3 is 16.2 Å². The SMILES string of the molecule is Nc1ccc(C(=O)O)c(Nc2cccc3ccncc23)c1. The molecule has 0 fully saturated rings. The minimum Gasteiger partial charge on any atom is -0.478 e. The molecule has 0 aliphatic carbocycles. The molecule has 21 heavy (non-hydrogen) atoms. The van der Waals surface area contributed by atoms with E-state index in [4.69, 9.17) is 5.73 Å². The van der Waals surface area contributed by atoms with Crippen LogP contribution in [0.1, 0.15) is 10.4 Å². The Morgan fingerprint density at radius 3 is 2.81 bits per heavy atom. The molecule has 4 N–H and O–H groups in total. The van der Waals surface area contributed by atoms with E-state index in [0.29, 0.717) is 11.4 Å². The highest BCUT2D eigenvalue weighted by molar-refractivity contribution is 5.99. The Hall–Kier alpha value is -3.08. The number of fused-ring (bicyclic) bond motifs is 1. The number of benzene rings is 2. The maximum atomic E-state index is 11.3. The first-order chi connectivity index (χ1) is 10.1. The Morgan fingerprint density at radius 2 is 2.00 bits per heavy atom. The summed E-state index contributed by atoms with van der Waals surface area (Å²) in [5.74, 6) is -1.00. The van der Waals surface area contributed by atoms with Crippen LogP contribution < -0.4 is 11.1 Å². The molecule has 5 nitrogen and oxygen atoms in total. The molecule has 0 amide bonds. The molecular formula is C16H13N3O2. The fraction of sp³-hybridized carbons (Fsp3) is 0. The molecule has 0 radical (unpaired) electrons. The van der Waals surface area contributed by atoms with E-state index in [1.54, 1.807) is 24.5 Å². The summed E-state index contributed by atoms with van der Waals surface area (Å²) in [6.07, 6.45) is 3.46. The molecule has 3 aromatic rings. The van der Waals surface area contributed by atoms with Gasteiger partial charge in [-0.05, 0) is 35.7 Å². The average molecular weight is 279 g/mol. The molecule has 104 valence electrons. The quantitative estimate of drug-likeness (QED) is 0.640. The zero-order valence-electron chi connectivity index (χ0n) is 11.1. The predicted octanol–water partition coefficient (Wildman–Crippen LogP) is 3.26. The normalized spacial score (nSPS) is 10.5. The van der Waals surface area contributed by atoms with E-state index in [2.05, 4.69) is 10.3 Å². The number of nitrogens with one attached hydrogen (secondary N) is 1.